The smallest absolute Gasteiger partial charge is 0.264 e. The van der Waals surface area contributed by atoms with Crippen LogP contribution in [0.2, 0.25) is 0 Å². The molecule has 8 nitrogen and oxygen atoms in total. The lowest BCUT2D eigenvalue weighted by Crippen LogP contribution is -2.50. The minimum atomic E-state index is -3.75. The number of benzene rings is 1. The minimum absolute atomic E-state index is 0.0834. The monoisotopic (exact) mass is 370 g/mol. The maximum atomic E-state index is 12.5. The molecule has 0 spiro atoms. The van der Waals surface area contributed by atoms with Crippen molar-refractivity contribution in [2.45, 2.75) is 31.1 Å². The molecule has 1 aliphatic heterocycles. The van der Waals surface area contributed by atoms with Gasteiger partial charge in [-0.2, -0.15) is 0 Å². The molecule has 0 saturated heterocycles. The van der Waals surface area contributed by atoms with Crippen LogP contribution in [0, 0.1) is 0 Å². The van der Waals surface area contributed by atoms with E-state index in [0.29, 0.717) is 24.8 Å². The molecular formula is C16H26N4O4S. The number of nitrogens with zero attached hydrogens (tertiary/aromatic N) is 2. The van der Waals surface area contributed by atoms with Crippen molar-refractivity contribution in [2.75, 3.05) is 34.1 Å². The molecule has 9 heteroatoms. The molecule has 2 N–H and O–H groups in total. The highest BCUT2D eigenvalue weighted by atomic mass is 32.2. The fourth-order valence-corrected chi connectivity index (χ4v) is 3.46. The average molecular weight is 370 g/mol. The van der Waals surface area contributed by atoms with Crippen LogP contribution in [0.5, 0.6) is 11.5 Å². The van der Waals surface area contributed by atoms with Crippen LogP contribution in [0.1, 0.15) is 26.2 Å². The van der Waals surface area contributed by atoms with E-state index in [2.05, 4.69) is 26.9 Å². The molecule has 0 aliphatic carbocycles. The first-order valence-corrected chi connectivity index (χ1v) is 9.74. The molecule has 0 fully saturated rings. The highest BCUT2D eigenvalue weighted by molar-refractivity contribution is 7.90. The van der Waals surface area contributed by atoms with Crippen LogP contribution in [-0.2, 0) is 10.0 Å². The molecule has 0 radical (unpaired) electrons. The van der Waals surface area contributed by atoms with Crippen molar-refractivity contribution in [3.05, 3.63) is 18.2 Å². The fraction of sp³-hybridized carbons (Fsp3) is 0.562. The van der Waals surface area contributed by atoms with Crippen LogP contribution in [0.15, 0.2) is 28.1 Å². The number of guanidine groups is 1. The predicted molar refractivity (Wildman–Crippen MR) is 96.4 cm³/mol. The van der Waals surface area contributed by atoms with Crippen molar-refractivity contribution in [3.63, 3.8) is 0 Å². The average Bonchev–Trinajstić information content (AvgIpc) is 2.62. The normalized spacial score (nSPS) is 15.2. The molecule has 0 amide bonds. The summed E-state index contributed by atoms with van der Waals surface area (Å²) in [5.41, 5.74) is 0. The van der Waals surface area contributed by atoms with Gasteiger partial charge in [0.2, 0.25) is 5.96 Å². The molecule has 0 saturated carbocycles. The Bertz CT molecular complexity index is 706. The number of ether oxygens (including phenoxy) is 2. The number of hydrogen-bond donors (Lipinski definition) is 2. The van der Waals surface area contributed by atoms with Crippen molar-refractivity contribution in [1.82, 2.24) is 14.9 Å². The lowest BCUT2D eigenvalue weighted by molar-refractivity contribution is 0.258. The van der Waals surface area contributed by atoms with Crippen LogP contribution >= 0.6 is 0 Å². The first-order valence-electron chi connectivity index (χ1n) is 8.25. The van der Waals surface area contributed by atoms with Crippen molar-refractivity contribution in [3.8, 4) is 11.5 Å². The molecule has 140 valence electrons. The Labute approximate surface area is 149 Å². The predicted octanol–water partition coefficient (Wildman–Crippen LogP) is 1.35. The highest BCUT2D eigenvalue weighted by Crippen LogP contribution is 2.29. The third-order valence-electron chi connectivity index (χ3n) is 3.87. The van der Waals surface area contributed by atoms with Gasteiger partial charge in [0.05, 0.1) is 32.5 Å². The minimum Gasteiger partial charge on any atom is -0.493 e. The molecule has 2 rings (SSSR count). The van der Waals surface area contributed by atoms with E-state index in [9.17, 15) is 8.42 Å². The number of aliphatic imine (C=N–C) groups is 1. The molecule has 1 heterocycles. The standard InChI is InChI=1S/C16H26N4O4S/c1-4-5-6-9-20-11-17-16(18-12-20)19-25(21,22)13-7-8-14(23-2)15(10-13)24-3/h7-8,10H,4-6,9,11-12H2,1-3H3,(H2,17,18,19). The maximum absolute atomic E-state index is 12.5. The summed E-state index contributed by atoms with van der Waals surface area (Å²) in [5, 5.41) is 3.00. The van der Waals surface area contributed by atoms with Crippen molar-refractivity contribution < 1.29 is 17.9 Å². The van der Waals surface area contributed by atoms with Crippen LogP contribution in [0.25, 0.3) is 0 Å². The number of sulfonamides is 1. The summed E-state index contributed by atoms with van der Waals surface area (Å²) in [4.78, 5) is 6.47. The number of unbranched alkanes of at least 4 members (excludes halogenated alkanes) is 2. The van der Waals surface area contributed by atoms with E-state index in [0.717, 1.165) is 13.0 Å². The Morgan fingerprint density at radius 3 is 2.60 bits per heavy atom. The third kappa shape index (κ3) is 5.23. The number of hydrogen-bond acceptors (Lipinski definition) is 7. The van der Waals surface area contributed by atoms with Gasteiger partial charge in [-0.25, -0.2) is 18.1 Å². The molecule has 1 aromatic carbocycles. The molecule has 25 heavy (non-hydrogen) atoms. The van der Waals surface area contributed by atoms with Gasteiger partial charge in [-0.1, -0.05) is 19.8 Å². The molecular weight excluding hydrogens is 344 g/mol. The summed E-state index contributed by atoms with van der Waals surface area (Å²) >= 11 is 0. The van der Waals surface area contributed by atoms with E-state index < -0.39 is 10.0 Å². The van der Waals surface area contributed by atoms with Gasteiger partial charge in [0.15, 0.2) is 11.5 Å². The molecule has 1 aromatic rings. The summed E-state index contributed by atoms with van der Waals surface area (Å²) in [6, 6.07) is 4.44. The van der Waals surface area contributed by atoms with E-state index in [1.807, 2.05) is 0 Å². The SMILES string of the molecule is CCCCCN1CN=C(NS(=O)(=O)c2ccc(OC)c(OC)c2)NC1. The number of rotatable bonds is 8. The zero-order chi connectivity index (χ0) is 18.3. The second-order valence-corrected chi connectivity index (χ2v) is 7.39. The van der Waals surface area contributed by atoms with E-state index in [-0.39, 0.29) is 10.9 Å². The zero-order valence-electron chi connectivity index (χ0n) is 14.9. The van der Waals surface area contributed by atoms with E-state index in [1.54, 1.807) is 6.07 Å². The molecule has 0 atom stereocenters. The van der Waals surface area contributed by atoms with E-state index in [1.165, 1.54) is 39.2 Å². The van der Waals surface area contributed by atoms with Crippen molar-refractivity contribution >= 4 is 16.0 Å². The van der Waals surface area contributed by atoms with Gasteiger partial charge in [0, 0.05) is 12.6 Å². The molecule has 0 bridgehead atoms. The molecule has 1 aliphatic rings. The lowest BCUT2D eigenvalue weighted by atomic mass is 10.2. The molecule has 0 unspecified atom stereocenters. The first-order chi connectivity index (χ1) is 12.0. The van der Waals surface area contributed by atoms with Gasteiger partial charge in [-0.05, 0) is 18.6 Å². The van der Waals surface area contributed by atoms with Crippen molar-refractivity contribution in [2.24, 2.45) is 4.99 Å². The number of methoxy groups -OCH3 is 2. The Balaban J connectivity index is 2.02. The number of nitrogens with one attached hydrogen (secondary N) is 2. The Morgan fingerprint density at radius 2 is 2.00 bits per heavy atom. The Morgan fingerprint density at radius 1 is 1.24 bits per heavy atom. The molecule has 0 aromatic heterocycles. The van der Waals surface area contributed by atoms with E-state index >= 15 is 0 Å². The highest BCUT2D eigenvalue weighted by Gasteiger charge is 2.21. The second-order valence-electron chi connectivity index (χ2n) is 5.71. The van der Waals surface area contributed by atoms with Gasteiger partial charge in [0.25, 0.3) is 10.0 Å². The topological polar surface area (TPSA) is 92.3 Å². The van der Waals surface area contributed by atoms with E-state index in [4.69, 9.17) is 9.47 Å². The van der Waals surface area contributed by atoms with Gasteiger partial charge < -0.3 is 14.8 Å². The Hall–Kier alpha value is -2.00. The lowest BCUT2D eigenvalue weighted by Gasteiger charge is -2.26. The van der Waals surface area contributed by atoms with Gasteiger partial charge >= 0.3 is 0 Å². The van der Waals surface area contributed by atoms with Gasteiger partial charge in [0.1, 0.15) is 0 Å². The summed E-state index contributed by atoms with van der Waals surface area (Å²) in [5.74, 6) is 1.07. The summed E-state index contributed by atoms with van der Waals surface area (Å²) < 4.78 is 37.8. The maximum Gasteiger partial charge on any atom is 0.264 e. The van der Waals surface area contributed by atoms with Gasteiger partial charge in [-0.15, -0.1) is 0 Å². The van der Waals surface area contributed by atoms with Crippen LogP contribution < -0.4 is 19.5 Å². The quantitative estimate of drug-likeness (QED) is 0.671. The van der Waals surface area contributed by atoms with Crippen LogP contribution in [0.3, 0.4) is 0 Å². The summed E-state index contributed by atoms with van der Waals surface area (Å²) in [7, 11) is -0.796. The first kappa shape index (κ1) is 19.3. The summed E-state index contributed by atoms with van der Waals surface area (Å²) in [6.07, 6.45) is 3.46. The van der Waals surface area contributed by atoms with Crippen LogP contribution in [0.4, 0.5) is 0 Å². The van der Waals surface area contributed by atoms with Gasteiger partial charge in [-0.3, -0.25) is 4.90 Å². The van der Waals surface area contributed by atoms with Crippen molar-refractivity contribution in [1.29, 1.82) is 0 Å². The van der Waals surface area contributed by atoms with Crippen LogP contribution in [-0.4, -0.2) is 53.4 Å². The summed E-state index contributed by atoms with van der Waals surface area (Å²) in [6.45, 7) is 4.14. The second kappa shape index (κ2) is 8.91. The zero-order valence-corrected chi connectivity index (χ0v) is 15.7. The fourth-order valence-electron chi connectivity index (χ4n) is 2.44. The Kier molecular flexibility index (Phi) is 6.89. The largest absolute Gasteiger partial charge is 0.493 e. The third-order valence-corrected chi connectivity index (χ3v) is 5.21.